The van der Waals surface area contributed by atoms with Gasteiger partial charge in [-0.2, -0.15) is 5.06 Å². The summed E-state index contributed by atoms with van der Waals surface area (Å²) in [5, 5.41) is 13.8. The Balaban J connectivity index is 0.00000220. The quantitative estimate of drug-likeness (QED) is 0.402. The number of carboxylic acids is 1. The summed E-state index contributed by atoms with van der Waals surface area (Å²) in [4.78, 5) is 50.3. The number of hydrogen-bond donors (Lipinski definition) is 1. The number of carbonyl (C=O) groups excluding carboxylic acids is 4. The van der Waals surface area contributed by atoms with E-state index in [0.717, 1.165) is 7.11 Å². The molecule has 0 radical (unpaired) electrons. The first kappa shape index (κ1) is 17.7. The summed E-state index contributed by atoms with van der Waals surface area (Å²) in [7, 11) is 1.11. The van der Waals surface area contributed by atoms with Crippen LogP contribution >= 0.6 is 0 Å². The molecule has 0 aromatic rings. The molecule has 2 saturated heterocycles. The molecule has 2 aliphatic heterocycles. The third-order valence-corrected chi connectivity index (χ3v) is 2.94. The number of rotatable bonds is 3. The third-order valence-electron chi connectivity index (χ3n) is 2.94. The summed E-state index contributed by atoms with van der Waals surface area (Å²) in [6, 6.07) is -1.13. The van der Waals surface area contributed by atoms with Gasteiger partial charge in [0.05, 0.1) is 13.5 Å². The van der Waals surface area contributed by atoms with Gasteiger partial charge >= 0.3 is 41.6 Å². The number of alkyl carbamates (subject to hydrolysis) is 1. The summed E-state index contributed by atoms with van der Waals surface area (Å²) in [6.45, 7) is -0.305. The molecular weight excluding hydrogens is 299 g/mol. The zero-order valence-corrected chi connectivity index (χ0v) is 13.4. The predicted octanol–water partition coefficient (Wildman–Crippen LogP) is -5.73. The molecule has 0 bridgehead atoms. The van der Waals surface area contributed by atoms with Gasteiger partial charge in [-0.3, -0.25) is 14.4 Å². The maximum Gasteiger partial charge on any atom is 1.00 e. The van der Waals surface area contributed by atoms with Crippen molar-refractivity contribution < 1.29 is 68.2 Å². The molecule has 2 fully saturated rings. The number of methoxy groups -OCH3 is 1. The largest absolute Gasteiger partial charge is 1.00 e. The van der Waals surface area contributed by atoms with Gasteiger partial charge in [-0.1, -0.05) is 0 Å². The van der Waals surface area contributed by atoms with E-state index < -0.39 is 35.7 Å². The van der Waals surface area contributed by atoms with Gasteiger partial charge < -0.3 is 24.7 Å². The van der Waals surface area contributed by atoms with Gasteiger partial charge in [-0.15, -0.1) is 0 Å². The van der Waals surface area contributed by atoms with Crippen LogP contribution in [0, 0.1) is 0 Å². The number of nitrogens with zero attached hydrogens (tertiary/aromatic N) is 1. The van der Waals surface area contributed by atoms with Crippen LogP contribution in [0.5, 0.6) is 0 Å². The second kappa shape index (κ2) is 6.60. The van der Waals surface area contributed by atoms with Gasteiger partial charge in [-0.25, -0.2) is 4.79 Å². The van der Waals surface area contributed by atoms with Gasteiger partial charge in [0.25, 0.3) is 11.6 Å². The molecule has 0 spiro atoms. The molecule has 2 aliphatic rings. The normalized spacial score (nSPS) is 27.9. The predicted molar refractivity (Wildman–Crippen MR) is 55.2 cm³/mol. The van der Waals surface area contributed by atoms with Crippen LogP contribution in [0.15, 0.2) is 0 Å². The van der Waals surface area contributed by atoms with Crippen molar-refractivity contribution in [1.82, 2.24) is 10.4 Å². The average Bonchev–Trinajstić information content (AvgIpc) is 2.95. The fourth-order valence-electron chi connectivity index (χ4n) is 1.94. The first-order chi connectivity index (χ1) is 9.40. The first-order valence-corrected chi connectivity index (χ1v) is 5.65. The third kappa shape index (κ3) is 3.12. The standard InChI is InChI=1S/C10H12N2O8.Na/c1-18-9(17)11-5-4-19-12(7(5)14)10(8(15)16)3-2-6(13)20-10;/h5H,2-4H2,1H3,(H,11,17)(H,15,16);/q;+1/p-1/t5-,10?;/m0./s1. The summed E-state index contributed by atoms with van der Waals surface area (Å²) < 4.78 is 9.00. The van der Waals surface area contributed by atoms with Crippen molar-refractivity contribution >= 4 is 23.9 Å². The second-order valence-electron chi connectivity index (χ2n) is 4.16. The van der Waals surface area contributed by atoms with E-state index in [1.54, 1.807) is 0 Å². The van der Waals surface area contributed by atoms with Crippen molar-refractivity contribution in [2.75, 3.05) is 13.7 Å². The van der Waals surface area contributed by atoms with Crippen molar-refractivity contribution in [3.63, 3.8) is 0 Å². The van der Waals surface area contributed by atoms with Crippen LogP contribution in [0.4, 0.5) is 4.79 Å². The van der Waals surface area contributed by atoms with E-state index in [1.165, 1.54) is 0 Å². The molecule has 21 heavy (non-hydrogen) atoms. The van der Waals surface area contributed by atoms with Crippen LogP contribution in [0.25, 0.3) is 0 Å². The molecule has 0 aromatic heterocycles. The molecule has 2 rings (SSSR count). The van der Waals surface area contributed by atoms with E-state index in [1.807, 2.05) is 0 Å². The van der Waals surface area contributed by atoms with Gasteiger partial charge in [0.2, 0.25) is 0 Å². The van der Waals surface area contributed by atoms with E-state index in [0.29, 0.717) is 5.06 Å². The summed E-state index contributed by atoms with van der Waals surface area (Å²) in [5.74, 6) is -3.42. The number of carboxylic acid groups (broad SMARTS) is 1. The van der Waals surface area contributed by atoms with E-state index >= 15 is 0 Å². The molecule has 2 atom stereocenters. The van der Waals surface area contributed by atoms with E-state index in [2.05, 4.69) is 14.8 Å². The maximum atomic E-state index is 12.0. The first-order valence-electron chi connectivity index (χ1n) is 5.65. The molecule has 110 valence electrons. The number of carbonyl (C=O) groups is 4. The molecule has 2 heterocycles. The molecule has 1 unspecified atom stereocenters. The Morgan fingerprint density at radius 1 is 1.48 bits per heavy atom. The van der Waals surface area contributed by atoms with E-state index in [4.69, 9.17) is 4.84 Å². The molecule has 0 aliphatic carbocycles. The topological polar surface area (TPSA) is 134 Å². The number of hydrogen-bond acceptors (Lipinski definition) is 8. The van der Waals surface area contributed by atoms with Crippen LogP contribution < -0.4 is 40.0 Å². The van der Waals surface area contributed by atoms with Gasteiger partial charge in [0.1, 0.15) is 18.6 Å². The second-order valence-corrected chi connectivity index (χ2v) is 4.16. The van der Waals surface area contributed by atoms with Gasteiger partial charge in [0, 0.05) is 6.42 Å². The Bertz CT molecular complexity index is 484. The Morgan fingerprint density at radius 3 is 2.62 bits per heavy atom. The van der Waals surface area contributed by atoms with Crippen molar-refractivity contribution in [1.29, 1.82) is 0 Å². The van der Waals surface area contributed by atoms with Crippen LogP contribution in [0.2, 0.25) is 0 Å². The zero-order valence-electron chi connectivity index (χ0n) is 11.4. The Morgan fingerprint density at radius 2 is 2.14 bits per heavy atom. The Labute approximate surface area is 140 Å². The summed E-state index contributed by atoms with van der Waals surface area (Å²) in [5.41, 5.74) is -2.29. The molecule has 0 aromatic carbocycles. The van der Waals surface area contributed by atoms with E-state index in [9.17, 15) is 24.3 Å². The number of esters is 1. The SMILES string of the molecule is COC(=O)N[C@H]1CON(C2(C(=O)[O-])CCC(=O)O2)C1=O.[Na+]. The molecule has 11 heteroatoms. The number of hydroxylamine groups is 2. The maximum absolute atomic E-state index is 12.0. The van der Waals surface area contributed by atoms with Gasteiger partial charge in [-0.05, 0) is 0 Å². The fraction of sp³-hybridized carbons (Fsp3) is 0.600. The average molecular weight is 310 g/mol. The minimum absolute atomic E-state index is 0. The number of ether oxygens (including phenoxy) is 2. The summed E-state index contributed by atoms with van der Waals surface area (Å²) >= 11 is 0. The molecule has 0 saturated carbocycles. The van der Waals surface area contributed by atoms with Crippen LogP contribution in [0.1, 0.15) is 12.8 Å². The van der Waals surface area contributed by atoms with Crippen LogP contribution in [-0.2, 0) is 28.7 Å². The van der Waals surface area contributed by atoms with Gasteiger partial charge in [0.15, 0.2) is 0 Å². The van der Waals surface area contributed by atoms with E-state index in [-0.39, 0.29) is 49.0 Å². The molecule has 2 amide bonds. The monoisotopic (exact) mass is 310 g/mol. The molecular formula is C10H11N2NaO8. The van der Waals surface area contributed by atoms with Crippen LogP contribution in [0.3, 0.4) is 0 Å². The Hall–Kier alpha value is -1.36. The zero-order chi connectivity index (χ0) is 14.9. The van der Waals surface area contributed by atoms with Crippen molar-refractivity contribution in [3.8, 4) is 0 Å². The smallest absolute Gasteiger partial charge is 0.544 e. The molecule has 10 nitrogen and oxygen atoms in total. The number of nitrogens with one attached hydrogen (secondary N) is 1. The molecule has 1 N–H and O–H groups in total. The van der Waals surface area contributed by atoms with Crippen molar-refractivity contribution in [2.24, 2.45) is 0 Å². The number of amides is 2. The fourth-order valence-corrected chi connectivity index (χ4v) is 1.94. The number of cyclic esters (lactones) is 1. The van der Waals surface area contributed by atoms with Crippen molar-refractivity contribution in [2.45, 2.75) is 24.6 Å². The number of aliphatic carboxylic acids is 1. The minimum Gasteiger partial charge on any atom is -0.544 e. The summed E-state index contributed by atoms with van der Waals surface area (Å²) in [6.07, 6.45) is -1.35. The van der Waals surface area contributed by atoms with Crippen molar-refractivity contribution in [3.05, 3.63) is 0 Å². The van der Waals surface area contributed by atoms with Crippen LogP contribution in [-0.4, -0.2) is 54.5 Å². The minimum atomic E-state index is -2.29. The Kier molecular flexibility index (Phi) is 5.56.